The average Bonchev–Trinajstić information content (AvgIpc) is 4.03. The summed E-state index contributed by atoms with van der Waals surface area (Å²) in [6.07, 6.45) is -16.4. The molecular weight excluding hydrogens is 902 g/mol. The van der Waals surface area contributed by atoms with Gasteiger partial charge in [0.25, 0.3) is 22.7 Å². The zero-order valence-corrected chi connectivity index (χ0v) is 36.7. The first-order valence-corrected chi connectivity index (χ1v) is 21.2. The molecule has 67 heavy (non-hydrogen) atoms. The number of nitro benzene ring substituents is 4. The van der Waals surface area contributed by atoms with Gasteiger partial charge in [0, 0.05) is 31.8 Å². The Morgan fingerprint density at radius 3 is 1.25 bits per heavy atom. The predicted molar refractivity (Wildman–Crippen MR) is 221 cm³/mol. The molecule has 0 amide bonds. The van der Waals surface area contributed by atoms with Crippen molar-refractivity contribution in [3.63, 3.8) is 0 Å². The van der Waals surface area contributed by atoms with Crippen LogP contribution in [0.25, 0.3) is 0 Å². The van der Waals surface area contributed by atoms with Crippen LogP contribution in [0.15, 0.2) is 36.4 Å². The third kappa shape index (κ3) is 9.86. The molecule has 0 aliphatic carbocycles. The highest BCUT2D eigenvalue weighted by Crippen LogP contribution is 2.44. The third-order valence-corrected chi connectivity index (χ3v) is 12.1. The summed E-state index contributed by atoms with van der Waals surface area (Å²) >= 11 is 0. The van der Waals surface area contributed by atoms with Crippen LogP contribution in [0.5, 0.6) is 0 Å². The number of aliphatic hydroxyl groups is 4. The van der Waals surface area contributed by atoms with E-state index >= 15 is 0 Å². The van der Waals surface area contributed by atoms with Gasteiger partial charge in [-0.25, -0.2) is 0 Å². The van der Waals surface area contributed by atoms with E-state index in [1.165, 1.54) is 4.90 Å². The molecule has 0 aromatic heterocycles. The Bertz CT molecular complexity index is 2130. The van der Waals surface area contributed by atoms with Gasteiger partial charge in [-0.2, -0.15) is 0 Å². The number of rotatable bonds is 17. The topological polar surface area (TPSA) is 364 Å². The Hall–Kier alpha value is -4.92. The lowest BCUT2D eigenvalue weighted by Gasteiger charge is -2.36. The van der Waals surface area contributed by atoms with Gasteiger partial charge in [0.15, 0.2) is 36.2 Å². The Kier molecular flexibility index (Phi) is 12.9. The van der Waals surface area contributed by atoms with Crippen LogP contribution in [-0.2, 0) is 42.6 Å². The lowest BCUT2D eigenvalue weighted by Crippen LogP contribution is -2.55. The van der Waals surface area contributed by atoms with Crippen molar-refractivity contribution in [1.29, 1.82) is 0 Å². The highest BCUT2D eigenvalue weighted by molar-refractivity contribution is 5.67. The number of hydrogen-bond donors (Lipinski definition) is 6. The lowest BCUT2D eigenvalue weighted by atomic mass is 9.99. The molecule has 0 spiro atoms. The zero-order valence-electron chi connectivity index (χ0n) is 36.7. The summed E-state index contributed by atoms with van der Waals surface area (Å²) in [7, 11) is 0. The predicted octanol–water partition coefficient (Wildman–Crippen LogP) is 0.955. The highest BCUT2D eigenvalue weighted by atomic mass is 16.9. The van der Waals surface area contributed by atoms with Crippen LogP contribution in [0.4, 0.5) is 34.1 Å². The number of anilines is 2. The van der Waals surface area contributed by atoms with Crippen LogP contribution >= 0.6 is 0 Å². The number of aliphatic hydroxyl groups excluding tert-OH is 4. The van der Waals surface area contributed by atoms with Crippen LogP contribution < -0.4 is 10.6 Å². The van der Waals surface area contributed by atoms with Gasteiger partial charge in [0.05, 0.1) is 62.2 Å². The third-order valence-electron chi connectivity index (χ3n) is 12.1. The molecule has 6 aliphatic rings. The monoisotopic (exact) mass is 953 g/mol. The molecule has 2 aromatic rings. The second-order valence-corrected chi connectivity index (χ2v) is 18.4. The quantitative estimate of drug-likeness (QED) is 0.0949. The first kappa shape index (κ1) is 48.5. The molecule has 6 saturated heterocycles. The largest absolute Gasteiger partial charge is 0.389 e. The maximum atomic E-state index is 12.1. The van der Waals surface area contributed by atoms with E-state index < -0.39 is 171 Å². The Morgan fingerprint density at radius 2 is 0.896 bits per heavy atom. The molecule has 0 saturated carbocycles. The summed E-state index contributed by atoms with van der Waals surface area (Å²) in [5, 5.41) is 100. The number of benzene rings is 2. The summed E-state index contributed by atoms with van der Waals surface area (Å²) in [5.41, 5.74) is -2.77. The number of nitro groups is 4. The molecule has 368 valence electrons. The van der Waals surface area contributed by atoms with Crippen LogP contribution in [0.2, 0.25) is 0 Å². The van der Waals surface area contributed by atoms with Crippen LogP contribution in [0.1, 0.15) is 41.5 Å². The van der Waals surface area contributed by atoms with E-state index in [0.29, 0.717) is 0 Å². The van der Waals surface area contributed by atoms with Crippen molar-refractivity contribution in [3.05, 3.63) is 76.9 Å². The van der Waals surface area contributed by atoms with Gasteiger partial charge in [-0.15, -0.1) is 0 Å². The zero-order chi connectivity index (χ0) is 48.7. The first-order chi connectivity index (χ1) is 31.3. The Labute approximate surface area is 379 Å². The molecule has 6 fully saturated rings. The van der Waals surface area contributed by atoms with Crippen molar-refractivity contribution in [2.75, 3.05) is 30.3 Å². The van der Waals surface area contributed by atoms with Gasteiger partial charge in [-0.05, 0) is 53.7 Å². The number of non-ortho nitro benzene ring substituents is 2. The second-order valence-electron chi connectivity index (χ2n) is 18.4. The number of nitrogens with zero attached hydrogens (tertiary/aromatic N) is 5. The molecule has 8 rings (SSSR count). The number of ether oxygens (including phenoxy) is 9. The van der Waals surface area contributed by atoms with Crippen molar-refractivity contribution >= 4 is 34.1 Å². The molecule has 0 bridgehead atoms. The fourth-order valence-corrected chi connectivity index (χ4v) is 9.39. The summed E-state index contributed by atoms with van der Waals surface area (Å²) in [6.45, 7) is 8.28. The SMILES string of the molecule is CC1(C)O[C@H]2O[C@H](C(O)CN(CC(O)[C@H]3O[C@@H]4OC(C)(C)O[C@@H]4[C@H]3Nc3ccc([N+](=O)[O-])cc3[N+](=O)[O-])CC(O)[C@H]3O[C@@H]4OC(C)(C)O[C@@H]4[C@H]3Nc3ccc([N+](=O)[O-])cc3[N+](=O)[O-])[C@H](O)[C@H]2O1. The van der Waals surface area contributed by atoms with Gasteiger partial charge < -0.3 is 73.7 Å². The summed E-state index contributed by atoms with van der Waals surface area (Å²) in [6, 6.07) is 3.65. The molecule has 2 aromatic carbocycles. The van der Waals surface area contributed by atoms with Gasteiger partial charge >= 0.3 is 0 Å². The van der Waals surface area contributed by atoms with Gasteiger partial charge in [0.2, 0.25) is 0 Å². The van der Waals surface area contributed by atoms with Crippen molar-refractivity contribution in [3.8, 4) is 0 Å². The lowest BCUT2D eigenvalue weighted by molar-refractivity contribution is -0.393. The smallest absolute Gasteiger partial charge is 0.299 e. The number of nitrogens with one attached hydrogen (secondary N) is 2. The Morgan fingerprint density at radius 1 is 0.552 bits per heavy atom. The van der Waals surface area contributed by atoms with E-state index in [1.54, 1.807) is 41.5 Å². The normalized spacial score (nSPS) is 34.6. The molecule has 6 aliphatic heterocycles. The van der Waals surface area contributed by atoms with Crippen molar-refractivity contribution in [2.24, 2.45) is 0 Å². The molecule has 28 nitrogen and oxygen atoms in total. The molecule has 3 unspecified atom stereocenters. The minimum absolute atomic E-state index is 0.174. The Balaban J connectivity index is 1.08. The number of fused-ring (bicyclic) bond motifs is 3. The second kappa shape index (κ2) is 17.9. The van der Waals surface area contributed by atoms with E-state index in [9.17, 15) is 60.9 Å². The molecular formula is C39H51N7O21. The number of hydrogen-bond acceptors (Lipinski definition) is 24. The molecule has 28 heteroatoms. The van der Waals surface area contributed by atoms with E-state index in [2.05, 4.69) is 10.6 Å². The fourth-order valence-electron chi connectivity index (χ4n) is 9.39. The maximum absolute atomic E-state index is 12.1. The van der Waals surface area contributed by atoms with Crippen LogP contribution in [0, 0.1) is 40.5 Å². The van der Waals surface area contributed by atoms with Crippen molar-refractivity contribution in [1.82, 2.24) is 4.90 Å². The molecule has 6 N–H and O–H groups in total. The summed E-state index contributed by atoms with van der Waals surface area (Å²) in [4.78, 5) is 45.4. The standard InChI is InChI=1S/C39H51N7O21/c1-37(2)62-31-25(40-18-9-7-16(43(51)52)11-20(18)45(55)56)28(59-34(31)65-37)22(47)13-42(15-24(49)30-27(50)33-36(61-30)67-39(5,6)64-33)14-23(48)29-26(32-35(60-29)66-38(3,4)63-32)41-19-10-8-17(44(53)54)12-21(19)46(57)58/h7-12,22-36,40-41,47-50H,13-15H2,1-6H3/t22?,23?,24?,25-,26-,27-,28+,29+,30+,31+,32+,33+,34+,35+,36+/m0/s1. The fraction of sp³-hybridized carbons (Fsp3) is 0.692. The molecule has 0 radical (unpaired) electrons. The van der Waals surface area contributed by atoms with Crippen LogP contribution in [-0.4, -0.2) is 174 Å². The van der Waals surface area contributed by atoms with E-state index in [1.807, 2.05) is 0 Å². The van der Waals surface area contributed by atoms with Gasteiger partial charge in [-0.1, -0.05) is 0 Å². The minimum Gasteiger partial charge on any atom is -0.389 e. The van der Waals surface area contributed by atoms with Gasteiger partial charge in [-0.3, -0.25) is 45.4 Å². The van der Waals surface area contributed by atoms with Crippen molar-refractivity contribution in [2.45, 2.75) is 151 Å². The van der Waals surface area contributed by atoms with E-state index in [-0.39, 0.29) is 11.4 Å². The van der Waals surface area contributed by atoms with E-state index in [0.717, 1.165) is 36.4 Å². The molecule has 6 heterocycles. The molecule has 15 atom stereocenters. The first-order valence-electron chi connectivity index (χ1n) is 21.2. The highest BCUT2D eigenvalue weighted by Gasteiger charge is 2.60. The average molecular weight is 954 g/mol. The maximum Gasteiger partial charge on any atom is 0.299 e. The summed E-state index contributed by atoms with van der Waals surface area (Å²) < 4.78 is 53.9. The summed E-state index contributed by atoms with van der Waals surface area (Å²) in [5.74, 6) is -3.52. The minimum atomic E-state index is -1.61. The van der Waals surface area contributed by atoms with Crippen LogP contribution in [0.3, 0.4) is 0 Å². The van der Waals surface area contributed by atoms with Gasteiger partial charge in [0.1, 0.15) is 54.1 Å². The van der Waals surface area contributed by atoms with E-state index in [4.69, 9.17) is 42.6 Å². The van der Waals surface area contributed by atoms with Crippen molar-refractivity contribution < 1.29 is 82.8 Å².